The number of nitrogens with zero attached hydrogens (tertiary/aromatic N) is 1. The molecule has 2 unspecified atom stereocenters. The number of hydrogen-bond donors (Lipinski definition) is 2. The SMILES string of the molecule is Cl.O=C(NC1CC(=O)N(c2ccccc2)C1)C1CC12CCNCC2. The summed E-state index contributed by atoms with van der Waals surface area (Å²) in [6, 6.07) is 9.61. The smallest absolute Gasteiger partial charge is 0.229 e. The van der Waals surface area contributed by atoms with Gasteiger partial charge in [0.25, 0.3) is 0 Å². The van der Waals surface area contributed by atoms with Gasteiger partial charge in [-0.3, -0.25) is 9.59 Å². The summed E-state index contributed by atoms with van der Waals surface area (Å²) < 4.78 is 0. The van der Waals surface area contributed by atoms with Crippen molar-refractivity contribution in [1.29, 1.82) is 0 Å². The number of carbonyl (C=O) groups excluding carboxylic acids is 2. The Balaban J connectivity index is 0.00000169. The number of amides is 2. The van der Waals surface area contributed by atoms with Crippen molar-refractivity contribution >= 4 is 29.9 Å². The summed E-state index contributed by atoms with van der Waals surface area (Å²) in [4.78, 5) is 26.5. The lowest BCUT2D eigenvalue weighted by Gasteiger charge is -2.23. The molecule has 3 aliphatic rings. The quantitative estimate of drug-likeness (QED) is 0.873. The lowest BCUT2D eigenvalue weighted by Crippen LogP contribution is -2.40. The van der Waals surface area contributed by atoms with Gasteiger partial charge in [0.15, 0.2) is 0 Å². The Morgan fingerprint density at radius 1 is 1.21 bits per heavy atom. The van der Waals surface area contributed by atoms with E-state index in [1.165, 1.54) is 0 Å². The van der Waals surface area contributed by atoms with E-state index in [0.717, 1.165) is 38.0 Å². The van der Waals surface area contributed by atoms with Crippen molar-refractivity contribution in [3.63, 3.8) is 0 Å². The molecule has 1 aromatic rings. The molecule has 24 heavy (non-hydrogen) atoms. The molecule has 1 saturated carbocycles. The van der Waals surface area contributed by atoms with Crippen LogP contribution in [0, 0.1) is 11.3 Å². The molecule has 0 bridgehead atoms. The third-order valence-electron chi connectivity index (χ3n) is 5.64. The molecule has 0 aromatic heterocycles. The first-order valence-electron chi connectivity index (χ1n) is 8.54. The second kappa shape index (κ2) is 6.73. The summed E-state index contributed by atoms with van der Waals surface area (Å²) >= 11 is 0. The van der Waals surface area contributed by atoms with Crippen LogP contribution in [0.25, 0.3) is 0 Å². The zero-order chi connectivity index (χ0) is 15.9. The van der Waals surface area contributed by atoms with Crippen LogP contribution in [-0.2, 0) is 9.59 Å². The van der Waals surface area contributed by atoms with Gasteiger partial charge in [0.05, 0.1) is 6.04 Å². The van der Waals surface area contributed by atoms with E-state index in [0.29, 0.717) is 13.0 Å². The minimum Gasteiger partial charge on any atom is -0.351 e. The molecule has 5 nitrogen and oxygen atoms in total. The molecule has 2 heterocycles. The highest BCUT2D eigenvalue weighted by molar-refractivity contribution is 5.97. The maximum absolute atomic E-state index is 12.5. The number of hydrogen-bond acceptors (Lipinski definition) is 3. The van der Waals surface area contributed by atoms with E-state index in [4.69, 9.17) is 0 Å². The molecule has 1 spiro atoms. The zero-order valence-corrected chi connectivity index (χ0v) is 14.5. The van der Waals surface area contributed by atoms with Gasteiger partial charge in [-0.1, -0.05) is 18.2 Å². The number of para-hydroxylation sites is 1. The predicted octanol–water partition coefficient (Wildman–Crippen LogP) is 1.72. The molecular formula is C18H24ClN3O2. The molecule has 2 saturated heterocycles. The Kier molecular flexibility index (Phi) is 4.83. The second-order valence-corrected chi connectivity index (χ2v) is 7.12. The molecule has 2 amide bonds. The number of rotatable bonds is 3. The molecule has 3 fully saturated rings. The zero-order valence-electron chi connectivity index (χ0n) is 13.7. The Labute approximate surface area is 148 Å². The number of carbonyl (C=O) groups is 2. The van der Waals surface area contributed by atoms with Crippen LogP contribution in [-0.4, -0.2) is 37.5 Å². The lowest BCUT2D eigenvalue weighted by atomic mass is 9.91. The van der Waals surface area contributed by atoms with Crippen LogP contribution in [0.1, 0.15) is 25.7 Å². The van der Waals surface area contributed by atoms with Gasteiger partial charge >= 0.3 is 0 Å². The maximum Gasteiger partial charge on any atom is 0.229 e. The molecule has 1 aromatic carbocycles. The molecule has 130 valence electrons. The standard InChI is InChI=1S/C18H23N3O2.ClH/c22-16-10-13(12-21(16)14-4-2-1-3-5-14)20-17(23)15-11-18(15)6-8-19-9-7-18;/h1-5,13,15,19H,6-12H2,(H,20,23);1H. The van der Waals surface area contributed by atoms with Crippen molar-refractivity contribution in [2.75, 3.05) is 24.5 Å². The average molecular weight is 350 g/mol. The fraction of sp³-hybridized carbons (Fsp3) is 0.556. The minimum absolute atomic E-state index is 0. The van der Waals surface area contributed by atoms with Crippen molar-refractivity contribution in [3.05, 3.63) is 30.3 Å². The van der Waals surface area contributed by atoms with Crippen molar-refractivity contribution < 1.29 is 9.59 Å². The van der Waals surface area contributed by atoms with Crippen molar-refractivity contribution in [2.24, 2.45) is 11.3 Å². The van der Waals surface area contributed by atoms with Crippen LogP contribution < -0.4 is 15.5 Å². The summed E-state index contributed by atoms with van der Waals surface area (Å²) in [6.45, 7) is 2.62. The average Bonchev–Trinajstić information content (AvgIpc) is 3.13. The summed E-state index contributed by atoms with van der Waals surface area (Å²) in [5.74, 6) is 0.402. The van der Waals surface area contributed by atoms with Gasteiger partial charge in [0, 0.05) is 24.6 Å². The number of halogens is 1. The highest BCUT2D eigenvalue weighted by Crippen LogP contribution is 2.58. The van der Waals surface area contributed by atoms with Gasteiger partial charge in [-0.2, -0.15) is 0 Å². The third kappa shape index (κ3) is 3.15. The van der Waals surface area contributed by atoms with E-state index >= 15 is 0 Å². The number of nitrogens with one attached hydrogen (secondary N) is 2. The van der Waals surface area contributed by atoms with E-state index < -0.39 is 0 Å². The van der Waals surface area contributed by atoms with Crippen LogP contribution in [0.15, 0.2) is 30.3 Å². The first-order chi connectivity index (χ1) is 11.2. The molecule has 4 rings (SSSR count). The first kappa shape index (κ1) is 17.2. The Hall–Kier alpha value is -1.59. The fourth-order valence-corrected chi connectivity index (χ4v) is 4.16. The van der Waals surface area contributed by atoms with Gasteiger partial charge in [0.1, 0.15) is 0 Å². The van der Waals surface area contributed by atoms with Gasteiger partial charge in [-0.05, 0) is 49.9 Å². The van der Waals surface area contributed by atoms with E-state index in [9.17, 15) is 9.59 Å². The van der Waals surface area contributed by atoms with Crippen LogP contribution in [0.4, 0.5) is 5.69 Å². The van der Waals surface area contributed by atoms with E-state index in [1.54, 1.807) is 4.90 Å². The highest BCUT2D eigenvalue weighted by Gasteiger charge is 2.57. The summed E-state index contributed by atoms with van der Waals surface area (Å²) in [7, 11) is 0. The fourth-order valence-electron chi connectivity index (χ4n) is 4.16. The molecule has 2 N–H and O–H groups in total. The predicted molar refractivity (Wildman–Crippen MR) is 95.2 cm³/mol. The van der Waals surface area contributed by atoms with Crippen LogP contribution in [0.5, 0.6) is 0 Å². The number of piperidine rings is 1. The molecule has 2 aliphatic heterocycles. The lowest BCUT2D eigenvalue weighted by molar-refractivity contribution is -0.123. The molecular weight excluding hydrogens is 326 g/mol. The van der Waals surface area contributed by atoms with Crippen molar-refractivity contribution in [1.82, 2.24) is 10.6 Å². The van der Waals surface area contributed by atoms with Gasteiger partial charge in [0.2, 0.25) is 11.8 Å². The highest BCUT2D eigenvalue weighted by atomic mass is 35.5. The monoisotopic (exact) mass is 349 g/mol. The van der Waals surface area contributed by atoms with Crippen LogP contribution in [0.2, 0.25) is 0 Å². The van der Waals surface area contributed by atoms with Gasteiger partial charge in [-0.15, -0.1) is 12.4 Å². The number of benzene rings is 1. The third-order valence-corrected chi connectivity index (χ3v) is 5.64. The minimum atomic E-state index is -0.0606. The molecule has 2 atom stereocenters. The summed E-state index contributed by atoms with van der Waals surface area (Å²) in [5.41, 5.74) is 1.16. The topological polar surface area (TPSA) is 61.4 Å². The molecule has 1 aliphatic carbocycles. The van der Waals surface area contributed by atoms with Crippen molar-refractivity contribution in [2.45, 2.75) is 31.7 Å². The van der Waals surface area contributed by atoms with Gasteiger partial charge < -0.3 is 15.5 Å². The summed E-state index contributed by atoms with van der Waals surface area (Å²) in [5, 5.41) is 6.48. The van der Waals surface area contributed by atoms with E-state index in [2.05, 4.69) is 10.6 Å². The largest absolute Gasteiger partial charge is 0.351 e. The molecule has 6 heteroatoms. The Morgan fingerprint density at radius 3 is 2.62 bits per heavy atom. The van der Waals surface area contributed by atoms with E-state index in [-0.39, 0.29) is 41.6 Å². The molecule has 0 radical (unpaired) electrons. The normalized spacial score (nSPS) is 27.7. The van der Waals surface area contributed by atoms with E-state index in [1.807, 2.05) is 30.3 Å². The van der Waals surface area contributed by atoms with Crippen molar-refractivity contribution in [3.8, 4) is 0 Å². The van der Waals surface area contributed by atoms with Crippen LogP contribution >= 0.6 is 12.4 Å². The summed E-state index contributed by atoms with van der Waals surface area (Å²) in [6.07, 6.45) is 3.63. The number of anilines is 1. The second-order valence-electron chi connectivity index (χ2n) is 7.12. The maximum atomic E-state index is 12.5. The Bertz CT molecular complexity index is 616. The Morgan fingerprint density at radius 2 is 1.92 bits per heavy atom. The first-order valence-corrected chi connectivity index (χ1v) is 8.54. The van der Waals surface area contributed by atoms with Gasteiger partial charge in [-0.25, -0.2) is 0 Å². The van der Waals surface area contributed by atoms with Crippen LogP contribution in [0.3, 0.4) is 0 Å².